The molecule has 1 fully saturated rings. The minimum atomic E-state index is -0.925. The Kier molecular flexibility index (Phi) is 8.76. The molecule has 2 heterocycles. The lowest BCUT2D eigenvalue weighted by atomic mass is 9.65. The lowest BCUT2D eigenvalue weighted by molar-refractivity contribution is -0.0459. The number of rotatable bonds is 8. The van der Waals surface area contributed by atoms with Gasteiger partial charge >= 0.3 is 5.69 Å². The van der Waals surface area contributed by atoms with Crippen LogP contribution in [-0.2, 0) is 10.2 Å². The summed E-state index contributed by atoms with van der Waals surface area (Å²) in [6.45, 7) is -0.378. The quantitative estimate of drug-likeness (QED) is 0.183. The summed E-state index contributed by atoms with van der Waals surface area (Å²) in [6.07, 6.45) is -1.15. The highest BCUT2D eigenvalue weighted by molar-refractivity contribution is 5.60. The number of nitrogens with zero attached hydrogens (tertiary/aromatic N) is 1. The predicted molar refractivity (Wildman–Crippen MR) is 170 cm³/mol. The van der Waals surface area contributed by atoms with Crippen LogP contribution in [0.25, 0.3) is 0 Å². The Bertz CT molecular complexity index is 1810. The molecular weight excluding hydrogens is 568 g/mol. The first-order valence-corrected chi connectivity index (χ1v) is 14.7. The average molecular weight is 601 g/mol. The number of benzene rings is 4. The average Bonchev–Trinajstić information content (AvgIpc) is 3.46. The maximum atomic E-state index is 12.4. The molecule has 8 heteroatoms. The molecule has 0 unspecified atom stereocenters. The predicted octanol–water partition coefficient (Wildman–Crippen LogP) is 3.99. The summed E-state index contributed by atoms with van der Waals surface area (Å²) in [5.41, 5.74) is 2.65. The van der Waals surface area contributed by atoms with E-state index in [0.717, 1.165) is 22.3 Å². The second-order valence-corrected chi connectivity index (χ2v) is 10.8. The second kappa shape index (κ2) is 13.2. The van der Waals surface area contributed by atoms with Crippen LogP contribution >= 0.6 is 0 Å². The first-order valence-electron chi connectivity index (χ1n) is 14.7. The zero-order chi connectivity index (χ0) is 31.2. The summed E-state index contributed by atoms with van der Waals surface area (Å²) in [6, 6.07) is 39.2. The van der Waals surface area contributed by atoms with Gasteiger partial charge in [-0.2, -0.15) is 0 Å². The third-order valence-corrected chi connectivity index (χ3v) is 8.10. The molecule has 0 bridgehead atoms. The monoisotopic (exact) mass is 600 g/mol. The van der Waals surface area contributed by atoms with Crippen LogP contribution in [-0.4, -0.2) is 45.2 Å². The Morgan fingerprint density at radius 2 is 1.36 bits per heavy atom. The molecule has 3 atom stereocenters. The van der Waals surface area contributed by atoms with Gasteiger partial charge in [-0.1, -0.05) is 115 Å². The third-order valence-electron chi connectivity index (χ3n) is 8.10. The highest BCUT2D eigenvalue weighted by atomic mass is 16.5. The van der Waals surface area contributed by atoms with E-state index in [9.17, 15) is 19.8 Å². The van der Waals surface area contributed by atoms with E-state index < -0.39 is 35.1 Å². The van der Waals surface area contributed by atoms with E-state index in [1.54, 1.807) is 0 Å². The molecule has 1 saturated heterocycles. The highest BCUT2D eigenvalue weighted by Gasteiger charge is 2.38. The Labute approximate surface area is 260 Å². The van der Waals surface area contributed by atoms with Gasteiger partial charge in [-0.25, -0.2) is 4.79 Å². The minimum Gasteiger partial charge on any atom is -0.481 e. The van der Waals surface area contributed by atoms with Crippen LogP contribution < -0.4 is 16.0 Å². The van der Waals surface area contributed by atoms with Gasteiger partial charge in [0.2, 0.25) is 0 Å². The minimum absolute atomic E-state index is 0.00431. The van der Waals surface area contributed by atoms with Crippen LogP contribution in [0.1, 0.15) is 40.5 Å². The van der Waals surface area contributed by atoms with E-state index in [-0.39, 0.29) is 25.2 Å². The van der Waals surface area contributed by atoms with E-state index in [1.807, 2.05) is 30.3 Å². The van der Waals surface area contributed by atoms with E-state index in [2.05, 4.69) is 102 Å². The van der Waals surface area contributed by atoms with Gasteiger partial charge in [0.15, 0.2) is 0 Å². The normalized spacial score (nSPS) is 17.8. The Balaban J connectivity index is 1.26. The number of hydrogen-bond donors (Lipinski definition) is 3. The van der Waals surface area contributed by atoms with Crippen molar-refractivity contribution in [2.24, 2.45) is 0 Å². The largest absolute Gasteiger partial charge is 0.481 e. The molecule has 4 aromatic carbocycles. The number of aliphatic hydroxyl groups is 2. The van der Waals surface area contributed by atoms with Gasteiger partial charge in [0.25, 0.3) is 5.56 Å². The van der Waals surface area contributed by atoms with Crippen molar-refractivity contribution in [1.29, 1.82) is 0 Å². The first-order chi connectivity index (χ1) is 22.0. The molecule has 1 aliphatic heterocycles. The van der Waals surface area contributed by atoms with Crippen molar-refractivity contribution in [3.05, 3.63) is 170 Å². The van der Waals surface area contributed by atoms with E-state index in [0.29, 0.717) is 5.75 Å². The fourth-order valence-electron chi connectivity index (χ4n) is 5.95. The second-order valence-electron chi connectivity index (χ2n) is 10.8. The van der Waals surface area contributed by atoms with Crippen molar-refractivity contribution in [1.82, 2.24) is 9.55 Å². The van der Waals surface area contributed by atoms with Crippen molar-refractivity contribution in [3.8, 4) is 17.6 Å². The first kappa shape index (κ1) is 29.9. The smallest absolute Gasteiger partial charge is 0.330 e. The standard InChI is InChI=1S/C37H32N2O6/c40-25-33-32(41)23-34(45-33)39-24-26(35(42)38-36(39)43)11-10-22-44-31-20-18-30(19-21-31)37(27-12-4-1-5-13-27,28-14-6-2-7-15-28)29-16-8-3-9-17-29/h1-9,12-21,24,32-34,40-41H,22-23,25H2,(H,38,42,43)/t32-,33+,34+/m0/s1. The van der Waals surface area contributed by atoms with Crippen LogP contribution in [0.4, 0.5) is 0 Å². The third kappa shape index (κ3) is 5.97. The van der Waals surface area contributed by atoms with Gasteiger partial charge in [0.1, 0.15) is 30.3 Å². The molecule has 0 spiro atoms. The molecule has 0 radical (unpaired) electrons. The number of aliphatic hydroxyl groups excluding tert-OH is 2. The van der Waals surface area contributed by atoms with Gasteiger partial charge in [-0.05, 0) is 34.4 Å². The molecule has 1 aliphatic rings. The highest BCUT2D eigenvalue weighted by Crippen LogP contribution is 2.45. The van der Waals surface area contributed by atoms with Gasteiger partial charge in [0.05, 0.1) is 18.1 Å². The fourth-order valence-corrected chi connectivity index (χ4v) is 5.95. The van der Waals surface area contributed by atoms with Crippen LogP contribution in [0, 0.1) is 11.8 Å². The number of H-pyrrole nitrogens is 1. The number of aromatic amines is 1. The van der Waals surface area contributed by atoms with Gasteiger partial charge < -0.3 is 19.7 Å². The van der Waals surface area contributed by atoms with Crippen LogP contribution in [0.5, 0.6) is 5.75 Å². The molecule has 1 aromatic heterocycles. The molecule has 3 N–H and O–H groups in total. The van der Waals surface area contributed by atoms with Gasteiger partial charge in [0, 0.05) is 12.6 Å². The Morgan fingerprint density at radius 1 is 0.822 bits per heavy atom. The number of hydrogen-bond acceptors (Lipinski definition) is 6. The topological polar surface area (TPSA) is 114 Å². The van der Waals surface area contributed by atoms with Crippen LogP contribution in [0.3, 0.4) is 0 Å². The van der Waals surface area contributed by atoms with Crippen molar-refractivity contribution >= 4 is 0 Å². The van der Waals surface area contributed by atoms with Crippen molar-refractivity contribution in [2.45, 2.75) is 30.3 Å². The fraction of sp³-hybridized carbons (Fsp3) is 0.189. The zero-order valence-corrected chi connectivity index (χ0v) is 24.4. The molecule has 45 heavy (non-hydrogen) atoms. The van der Waals surface area contributed by atoms with Crippen LogP contribution in [0.15, 0.2) is 131 Å². The summed E-state index contributed by atoms with van der Waals surface area (Å²) in [5.74, 6) is 6.22. The Morgan fingerprint density at radius 3 is 1.87 bits per heavy atom. The summed E-state index contributed by atoms with van der Waals surface area (Å²) in [4.78, 5) is 27.0. The van der Waals surface area contributed by atoms with Crippen molar-refractivity contribution in [3.63, 3.8) is 0 Å². The SMILES string of the molecule is O=c1[nH]c(=O)n([C@H]2C[C@H](O)[C@@H](CO)O2)cc1C#CCOc1ccc(C(c2ccccc2)(c2ccccc2)c2ccccc2)cc1. The Hall–Kier alpha value is -5.20. The van der Waals surface area contributed by atoms with E-state index in [4.69, 9.17) is 9.47 Å². The number of aromatic nitrogens is 2. The number of ether oxygens (including phenoxy) is 2. The van der Waals surface area contributed by atoms with E-state index >= 15 is 0 Å². The summed E-state index contributed by atoms with van der Waals surface area (Å²) < 4.78 is 12.6. The summed E-state index contributed by atoms with van der Waals surface area (Å²) in [5, 5.41) is 19.4. The lowest BCUT2D eigenvalue weighted by Gasteiger charge is -2.36. The molecule has 0 aliphatic carbocycles. The summed E-state index contributed by atoms with van der Waals surface area (Å²) >= 11 is 0. The molecule has 0 saturated carbocycles. The molecule has 226 valence electrons. The van der Waals surface area contributed by atoms with Crippen LogP contribution in [0.2, 0.25) is 0 Å². The molecule has 5 aromatic rings. The molecular formula is C37H32N2O6. The maximum absolute atomic E-state index is 12.4. The maximum Gasteiger partial charge on any atom is 0.330 e. The van der Waals surface area contributed by atoms with Crippen molar-refractivity contribution in [2.75, 3.05) is 13.2 Å². The van der Waals surface area contributed by atoms with Gasteiger partial charge in [-0.3, -0.25) is 14.3 Å². The molecule has 0 amide bonds. The number of nitrogens with one attached hydrogen (secondary N) is 1. The zero-order valence-electron chi connectivity index (χ0n) is 24.4. The molecule has 6 rings (SSSR count). The summed E-state index contributed by atoms with van der Waals surface area (Å²) in [7, 11) is 0. The lowest BCUT2D eigenvalue weighted by Crippen LogP contribution is -2.33. The van der Waals surface area contributed by atoms with Crippen molar-refractivity contribution < 1.29 is 19.7 Å². The van der Waals surface area contributed by atoms with E-state index in [1.165, 1.54) is 10.8 Å². The van der Waals surface area contributed by atoms with Gasteiger partial charge in [-0.15, -0.1) is 0 Å². The molecule has 8 nitrogen and oxygen atoms in total.